The fraction of sp³-hybridized carbons (Fsp3) is 0.100. The maximum absolute atomic E-state index is 13.7. The first kappa shape index (κ1) is 19.1. The highest BCUT2D eigenvalue weighted by Crippen LogP contribution is 2.42. The van der Waals surface area contributed by atoms with Crippen molar-refractivity contribution in [3.8, 4) is 34.0 Å². The second-order valence-electron chi connectivity index (χ2n) is 6.06. The number of nitrogens with zero attached hydrogens (tertiary/aromatic N) is 3. The number of halogens is 4. The van der Waals surface area contributed by atoms with Crippen molar-refractivity contribution in [2.75, 3.05) is 7.11 Å². The minimum absolute atomic E-state index is 0.0547. The molecule has 0 aliphatic rings. The van der Waals surface area contributed by atoms with E-state index in [-0.39, 0.29) is 16.4 Å². The Hall–Kier alpha value is -3.26. The average molecular weight is 420 g/mol. The molecule has 5 nitrogen and oxygen atoms in total. The molecular weight excluding hydrogens is 407 g/mol. The molecule has 0 amide bonds. The summed E-state index contributed by atoms with van der Waals surface area (Å²) < 4.78 is 52.4. The van der Waals surface area contributed by atoms with Gasteiger partial charge in [-0.15, -0.1) is 0 Å². The number of hydrogen-bond acceptors (Lipinski definition) is 4. The van der Waals surface area contributed by atoms with Crippen molar-refractivity contribution in [1.29, 1.82) is 0 Å². The molecule has 0 unspecified atom stereocenters. The Labute approximate surface area is 168 Å². The van der Waals surface area contributed by atoms with Crippen molar-refractivity contribution in [2.45, 2.75) is 6.18 Å². The summed E-state index contributed by atoms with van der Waals surface area (Å²) in [6.45, 7) is 0. The molecule has 2 aromatic heterocycles. The molecule has 4 rings (SSSR count). The molecular formula is C20H13ClF3N3O2. The van der Waals surface area contributed by atoms with Gasteiger partial charge in [-0.3, -0.25) is 0 Å². The number of methoxy groups -OCH3 is 1. The van der Waals surface area contributed by atoms with Gasteiger partial charge in [0.15, 0.2) is 11.5 Å². The molecule has 0 spiro atoms. The molecule has 4 aromatic rings. The molecule has 0 fully saturated rings. The highest BCUT2D eigenvalue weighted by Gasteiger charge is 2.40. The molecule has 0 bridgehead atoms. The van der Waals surface area contributed by atoms with Gasteiger partial charge in [0, 0.05) is 11.6 Å². The molecule has 0 N–H and O–H groups in total. The quantitative estimate of drug-likeness (QED) is 0.415. The van der Waals surface area contributed by atoms with Gasteiger partial charge in [-0.2, -0.15) is 18.3 Å². The van der Waals surface area contributed by atoms with Crippen LogP contribution in [0, 0.1) is 0 Å². The Kier molecular flexibility index (Phi) is 4.79. The van der Waals surface area contributed by atoms with Crippen LogP contribution in [0.3, 0.4) is 0 Å². The Bertz CT molecular complexity index is 1140. The number of rotatable bonds is 4. The van der Waals surface area contributed by atoms with Crippen LogP contribution in [0.4, 0.5) is 13.2 Å². The minimum Gasteiger partial charge on any atom is -0.497 e. The van der Waals surface area contributed by atoms with E-state index in [0.29, 0.717) is 22.8 Å². The first-order valence-electron chi connectivity index (χ1n) is 8.41. The maximum Gasteiger partial charge on any atom is 0.435 e. The van der Waals surface area contributed by atoms with Gasteiger partial charge in [0.2, 0.25) is 0 Å². The molecule has 2 aromatic carbocycles. The lowest BCUT2D eigenvalue weighted by atomic mass is 10.1. The summed E-state index contributed by atoms with van der Waals surface area (Å²) in [4.78, 5) is 0. The van der Waals surface area contributed by atoms with E-state index < -0.39 is 11.9 Å². The van der Waals surface area contributed by atoms with Crippen LogP contribution in [0.2, 0.25) is 5.15 Å². The van der Waals surface area contributed by atoms with Gasteiger partial charge >= 0.3 is 6.18 Å². The van der Waals surface area contributed by atoms with Crippen LogP contribution in [0.5, 0.6) is 5.75 Å². The molecule has 0 radical (unpaired) electrons. The fourth-order valence-electron chi connectivity index (χ4n) is 2.85. The van der Waals surface area contributed by atoms with E-state index in [2.05, 4.69) is 10.3 Å². The normalized spacial score (nSPS) is 11.6. The first-order chi connectivity index (χ1) is 13.9. The lowest BCUT2D eigenvalue weighted by molar-refractivity contribution is -0.140. The van der Waals surface area contributed by atoms with Crippen molar-refractivity contribution in [1.82, 2.24) is 14.9 Å². The smallest absolute Gasteiger partial charge is 0.435 e. The third-order valence-corrected chi connectivity index (χ3v) is 4.59. The zero-order chi connectivity index (χ0) is 20.6. The number of hydrogen-bond donors (Lipinski definition) is 0. The van der Waals surface area contributed by atoms with Gasteiger partial charge in [0.25, 0.3) is 0 Å². The molecule has 29 heavy (non-hydrogen) atoms. The molecule has 0 saturated heterocycles. The van der Waals surface area contributed by atoms with Crippen LogP contribution >= 0.6 is 11.6 Å². The third kappa shape index (κ3) is 3.58. The Morgan fingerprint density at radius 3 is 2.34 bits per heavy atom. The number of benzene rings is 2. The predicted octanol–water partition coefficient (Wildman–Crippen LogP) is 5.88. The molecule has 0 aliphatic heterocycles. The van der Waals surface area contributed by atoms with Crippen molar-refractivity contribution in [3.63, 3.8) is 0 Å². The highest BCUT2D eigenvalue weighted by atomic mass is 35.5. The largest absolute Gasteiger partial charge is 0.497 e. The predicted molar refractivity (Wildman–Crippen MR) is 101 cm³/mol. The van der Waals surface area contributed by atoms with E-state index in [1.165, 1.54) is 13.2 Å². The average Bonchev–Trinajstić information content (AvgIpc) is 3.33. The standard InChI is InChI=1S/C20H13ClF3N3O2/c1-28-14-9-7-13(8-10-14)27-19(21)17(18(25-27)20(22,23)24)15-11-16(29-26-15)12-5-3-2-4-6-12/h2-11H,1H3. The van der Waals surface area contributed by atoms with E-state index in [9.17, 15) is 13.2 Å². The summed E-state index contributed by atoms with van der Waals surface area (Å²) >= 11 is 6.32. The number of alkyl halides is 3. The number of ether oxygens (including phenoxy) is 1. The SMILES string of the molecule is COc1ccc(-n2nc(C(F)(F)F)c(-c3cc(-c4ccccc4)on3)c2Cl)cc1. The summed E-state index contributed by atoms with van der Waals surface area (Å²) in [5.74, 6) is 0.874. The molecule has 2 heterocycles. The van der Waals surface area contributed by atoms with Gasteiger partial charge in [-0.25, -0.2) is 4.68 Å². The Morgan fingerprint density at radius 2 is 1.72 bits per heavy atom. The maximum atomic E-state index is 13.7. The zero-order valence-corrected chi connectivity index (χ0v) is 15.7. The molecule has 148 valence electrons. The molecule has 9 heteroatoms. The lowest BCUT2D eigenvalue weighted by Gasteiger charge is -2.05. The van der Waals surface area contributed by atoms with E-state index >= 15 is 0 Å². The summed E-state index contributed by atoms with van der Waals surface area (Å²) in [7, 11) is 1.49. The van der Waals surface area contributed by atoms with E-state index in [0.717, 1.165) is 4.68 Å². The number of aromatic nitrogens is 3. The summed E-state index contributed by atoms with van der Waals surface area (Å²) in [6.07, 6.45) is -4.73. The van der Waals surface area contributed by atoms with Crippen molar-refractivity contribution in [2.24, 2.45) is 0 Å². The minimum atomic E-state index is -4.73. The van der Waals surface area contributed by atoms with Crippen LogP contribution < -0.4 is 4.74 Å². The van der Waals surface area contributed by atoms with E-state index in [4.69, 9.17) is 20.9 Å². The topological polar surface area (TPSA) is 53.1 Å². The van der Waals surface area contributed by atoms with Crippen LogP contribution in [0.25, 0.3) is 28.3 Å². The second-order valence-corrected chi connectivity index (χ2v) is 6.42. The van der Waals surface area contributed by atoms with Crippen molar-refractivity contribution >= 4 is 11.6 Å². The summed E-state index contributed by atoms with van der Waals surface area (Å²) in [5.41, 5.74) is -0.522. The van der Waals surface area contributed by atoms with Gasteiger partial charge in [-0.1, -0.05) is 47.1 Å². The van der Waals surface area contributed by atoms with Crippen LogP contribution in [-0.2, 0) is 6.18 Å². The Morgan fingerprint density at radius 1 is 1.03 bits per heavy atom. The van der Waals surface area contributed by atoms with Crippen LogP contribution in [0.1, 0.15) is 5.69 Å². The van der Waals surface area contributed by atoms with E-state index in [1.807, 2.05) is 6.07 Å². The summed E-state index contributed by atoms with van der Waals surface area (Å²) in [5, 5.41) is 7.28. The zero-order valence-electron chi connectivity index (χ0n) is 14.9. The molecule has 0 saturated carbocycles. The monoisotopic (exact) mass is 419 g/mol. The molecule has 0 aliphatic carbocycles. The first-order valence-corrected chi connectivity index (χ1v) is 8.79. The summed E-state index contributed by atoms with van der Waals surface area (Å²) in [6, 6.07) is 16.6. The van der Waals surface area contributed by atoms with Gasteiger partial charge in [0.05, 0.1) is 18.4 Å². The van der Waals surface area contributed by atoms with E-state index in [1.54, 1.807) is 48.5 Å². The van der Waals surface area contributed by atoms with Gasteiger partial charge in [-0.05, 0) is 24.3 Å². The van der Waals surface area contributed by atoms with Crippen LogP contribution in [-0.4, -0.2) is 22.0 Å². The van der Waals surface area contributed by atoms with Crippen LogP contribution in [0.15, 0.2) is 65.2 Å². The van der Waals surface area contributed by atoms with Crippen molar-refractivity contribution in [3.05, 3.63) is 71.5 Å². The Balaban J connectivity index is 1.84. The van der Waals surface area contributed by atoms with Gasteiger partial charge in [0.1, 0.15) is 16.6 Å². The van der Waals surface area contributed by atoms with Gasteiger partial charge < -0.3 is 9.26 Å². The fourth-order valence-corrected chi connectivity index (χ4v) is 3.17. The second kappa shape index (κ2) is 7.29. The molecule has 0 atom stereocenters. The third-order valence-electron chi connectivity index (χ3n) is 4.24. The highest BCUT2D eigenvalue weighted by molar-refractivity contribution is 6.32. The lowest BCUT2D eigenvalue weighted by Crippen LogP contribution is -2.08. The van der Waals surface area contributed by atoms with Crippen molar-refractivity contribution < 1.29 is 22.4 Å².